The van der Waals surface area contributed by atoms with Gasteiger partial charge in [0.05, 0.1) is 0 Å². The van der Waals surface area contributed by atoms with Gasteiger partial charge >= 0.3 is 220 Å². The van der Waals surface area contributed by atoms with Gasteiger partial charge in [0.1, 0.15) is 0 Å². The molecule has 0 atom stereocenters. The van der Waals surface area contributed by atoms with Crippen LogP contribution < -0.4 is 21.2 Å². The Bertz CT molecular complexity index is 1520. The average Bonchev–Trinajstić information content (AvgIpc) is 3.47. The standard InChI is InChI=1S/C26H25Cl2IN3O2S2/c1-25(2,3)34-24(33)32-9-7-17(26(32,4)5)19-10-16-21(28)14(13-31-23(16)35-19)12-29-20-11-15-18(27)6-8-30-22(15)36-20/h6-8,10-11,13H,9,12H2,1-5H3/q-1. The van der Waals surface area contributed by atoms with Gasteiger partial charge in [-0.2, -0.15) is 0 Å². The van der Waals surface area contributed by atoms with E-state index < -0.39 is 11.1 Å². The molecule has 1 amide bonds. The van der Waals surface area contributed by atoms with Gasteiger partial charge in [-0.25, -0.2) is 0 Å². The Kier molecular flexibility index (Phi) is 7.04. The zero-order valence-electron chi connectivity index (χ0n) is 20.5. The van der Waals surface area contributed by atoms with Crippen molar-refractivity contribution in [3.05, 3.63) is 60.0 Å². The summed E-state index contributed by atoms with van der Waals surface area (Å²) in [7, 11) is 0. The molecular weight excluding hydrogens is 648 g/mol. The van der Waals surface area contributed by atoms with Crippen LogP contribution in [0.2, 0.25) is 10.0 Å². The van der Waals surface area contributed by atoms with Crippen LogP contribution in [0.3, 0.4) is 0 Å². The molecule has 0 unspecified atom stereocenters. The van der Waals surface area contributed by atoms with Gasteiger partial charge in [0, 0.05) is 0 Å². The van der Waals surface area contributed by atoms with Crippen LogP contribution in [-0.4, -0.2) is 38.6 Å². The van der Waals surface area contributed by atoms with E-state index >= 15 is 0 Å². The number of fused-ring (bicyclic) bond motifs is 2. The third-order valence-electron chi connectivity index (χ3n) is 5.95. The molecular formula is C26H25Cl2IN3O2S2-. The van der Waals surface area contributed by atoms with Crippen LogP contribution in [-0.2, 0) is 9.16 Å². The number of hydrogen-bond acceptors (Lipinski definition) is 6. The van der Waals surface area contributed by atoms with E-state index in [2.05, 4.69) is 37.0 Å². The Morgan fingerprint density at radius 3 is 2.64 bits per heavy atom. The van der Waals surface area contributed by atoms with E-state index in [1.807, 2.05) is 33.0 Å². The van der Waals surface area contributed by atoms with Crippen molar-refractivity contribution in [2.75, 3.05) is 6.54 Å². The molecule has 10 heteroatoms. The second-order valence-electron chi connectivity index (χ2n) is 10.0. The van der Waals surface area contributed by atoms with E-state index in [1.54, 1.807) is 33.8 Å². The first kappa shape index (κ1) is 26.2. The number of rotatable bonds is 4. The third-order valence-corrected chi connectivity index (χ3v) is 12.3. The number of pyridine rings is 2. The van der Waals surface area contributed by atoms with Crippen LogP contribution in [0.1, 0.15) is 45.1 Å². The Balaban J connectivity index is 1.37. The molecule has 0 radical (unpaired) electrons. The van der Waals surface area contributed by atoms with Crippen LogP contribution in [0.5, 0.6) is 0 Å². The fourth-order valence-corrected chi connectivity index (χ4v) is 10.3. The molecule has 190 valence electrons. The minimum absolute atomic E-state index is 0.301. The number of alkyl halides is 1. The summed E-state index contributed by atoms with van der Waals surface area (Å²) in [4.78, 5) is 26.7. The van der Waals surface area contributed by atoms with Crippen molar-refractivity contribution in [1.82, 2.24) is 14.9 Å². The monoisotopic (exact) mass is 672 g/mol. The van der Waals surface area contributed by atoms with E-state index in [9.17, 15) is 4.79 Å². The molecule has 0 saturated heterocycles. The zero-order chi connectivity index (χ0) is 25.8. The molecule has 0 aliphatic carbocycles. The maximum absolute atomic E-state index is 12.8. The molecule has 4 aromatic rings. The quantitative estimate of drug-likeness (QED) is 0.224. The summed E-state index contributed by atoms with van der Waals surface area (Å²) in [6, 6.07) is 6.11. The zero-order valence-corrected chi connectivity index (χ0v) is 25.8. The molecule has 0 spiro atoms. The number of thiophene rings is 2. The Hall–Kier alpha value is -1.46. The van der Waals surface area contributed by atoms with Gasteiger partial charge in [-0.15, -0.1) is 0 Å². The Labute approximate surface area is 238 Å². The molecule has 5 nitrogen and oxygen atoms in total. The average molecular weight is 673 g/mol. The number of amides is 1. The van der Waals surface area contributed by atoms with E-state index in [0.717, 1.165) is 50.9 Å². The summed E-state index contributed by atoms with van der Waals surface area (Å²) in [5.74, 6) is 0. The van der Waals surface area contributed by atoms with Gasteiger partial charge in [0.2, 0.25) is 0 Å². The topological polar surface area (TPSA) is 55.3 Å². The summed E-state index contributed by atoms with van der Waals surface area (Å²) in [5, 5.41) is 3.49. The van der Waals surface area contributed by atoms with Crippen molar-refractivity contribution < 1.29 is 30.7 Å². The molecule has 0 saturated carbocycles. The number of nitrogens with zero attached hydrogens (tertiary/aromatic N) is 3. The van der Waals surface area contributed by atoms with Gasteiger partial charge in [0.25, 0.3) is 0 Å². The van der Waals surface area contributed by atoms with Crippen molar-refractivity contribution >= 4 is 78.0 Å². The molecule has 5 rings (SSSR count). The molecule has 1 aliphatic rings. The fourth-order valence-electron chi connectivity index (χ4n) is 4.14. The molecule has 0 N–H and O–H groups in total. The third kappa shape index (κ3) is 4.99. The van der Waals surface area contributed by atoms with Gasteiger partial charge in [-0.1, -0.05) is 0 Å². The van der Waals surface area contributed by atoms with Crippen LogP contribution in [0.4, 0.5) is 4.79 Å². The Morgan fingerprint density at radius 1 is 1.17 bits per heavy atom. The second-order valence-corrected chi connectivity index (χ2v) is 16.3. The molecule has 0 fully saturated rings. The van der Waals surface area contributed by atoms with Crippen LogP contribution in [0.15, 0.2) is 36.7 Å². The molecule has 0 bridgehead atoms. The second kappa shape index (κ2) is 9.69. The van der Waals surface area contributed by atoms with Gasteiger partial charge < -0.3 is 0 Å². The van der Waals surface area contributed by atoms with E-state index in [-0.39, 0.29) is 27.3 Å². The summed E-state index contributed by atoms with van der Waals surface area (Å²) in [6.07, 6.45) is 5.46. The van der Waals surface area contributed by atoms with E-state index in [0.29, 0.717) is 6.54 Å². The predicted molar refractivity (Wildman–Crippen MR) is 147 cm³/mol. The SMILES string of the molecule is CC(C)(C)OC(=O)N1CC=C(c2cc3c(Cl)c(C[I-]c4cc5c(Cl)ccnc5s4)cnc3s2)C1(C)C. The molecule has 5 heterocycles. The van der Waals surface area contributed by atoms with E-state index in [4.69, 9.17) is 32.9 Å². The first-order valence-corrected chi connectivity index (χ1v) is 16.3. The van der Waals surface area contributed by atoms with Crippen molar-refractivity contribution in [3.63, 3.8) is 0 Å². The number of hydrogen-bond donors (Lipinski definition) is 0. The van der Waals surface area contributed by atoms with Crippen molar-refractivity contribution in [3.8, 4) is 0 Å². The summed E-state index contributed by atoms with van der Waals surface area (Å²) in [6.45, 7) is 10.3. The van der Waals surface area contributed by atoms with Crippen molar-refractivity contribution in [1.29, 1.82) is 0 Å². The van der Waals surface area contributed by atoms with Crippen LogP contribution in [0.25, 0.3) is 26.0 Å². The molecule has 0 aromatic carbocycles. The molecule has 36 heavy (non-hydrogen) atoms. The predicted octanol–water partition coefficient (Wildman–Crippen LogP) is 5.08. The summed E-state index contributed by atoms with van der Waals surface area (Å²) < 4.78 is 7.85. The first-order valence-electron chi connectivity index (χ1n) is 11.4. The minimum atomic E-state index is -0.539. The van der Waals surface area contributed by atoms with Crippen molar-refractivity contribution in [2.45, 2.75) is 50.2 Å². The summed E-state index contributed by atoms with van der Waals surface area (Å²) >= 11 is 16.2. The molecule has 4 aromatic heterocycles. The number of carbonyl (C=O) groups is 1. The number of carbonyl (C=O) groups excluding carboxylic acids is 1. The normalized spacial score (nSPS) is 15.8. The fraction of sp³-hybridized carbons (Fsp3) is 0.346. The van der Waals surface area contributed by atoms with Crippen LogP contribution in [0, 0.1) is 2.88 Å². The Morgan fingerprint density at radius 2 is 1.92 bits per heavy atom. The van der Waals surface area contributed by atoms with Gasteiger partial charge in [0.15, 0.2) is 0 Å². The van der Waals surface area contributed by atoms with E-state index in [1.165, 1.54) is 2.88 Å². The number of aromatic nitrogens is 2. The summed E-state index contributed by atoms with van der Waals surface area (Å²) in [5.41, 5.74) is 1.12. The van der Waals surface area contributed by atoms with Gasteiger partial charge in [-0.3, -0.25) is 0 Å². The van der Waals surface area contributed by atoms with Crippen molar-refractivity contribution in [2.24, 2.45) is 0 Å². The maximum atomic E-state index is 12.8. The van der Waals surface area contributed by atoms with Gasteiger partial charge in [-0.05, 0) is 20.8 Å². The number of ether oxygens (including phenoxy) is 1. The first-order chi connectivity index (χ1) is 16.9. The molecule has 1 aliphatic heterocycles. The number of halogens is 3. The van der Waals surface area contributed by atoms with Crippen LogP contribution >= 0.6 is 45.9 Å².